The number of hydrogen-bond acceptors (Lipinski definition) is 2. The molecule has 0 aliphatic carbocycles. The molecule has 92 valence electrons. The van der Waals surface area contributed by atoms with Crippen molar-refractivity contribution in [1.82, 2.24) is 4.98 Å². The smallest absolute Gasteiger partial charge is 0.227 e. The third-order valence-corrected chi connectivity index (χ3v) is 1.93. The highest BCUT2D eigenvalue weighted by Crippen LogP contribution is 2.39. The van der Waals surface area contributed by atoms with Gasteiger partial charge in [-0.3, -0.25) is 0 Å². The van der Waals surface area contributed by atoms with Crippen molar-refractivity contribution in [2.45, 2.75) is 19.0 Å². The van der Waals surface area contributed by atoms with Gasteiger partial charge in [-0.25, -0.2) is 13.8 Å². The van der Waals surface area contributed by atoms with Crippen LogP contribution in [0.4, 0.5) is 26.3 Å². The summed E-state index contributed by atoms with van der Waals surface area (Å²) in [5.41, 5.74) is -4.26. The molecule has 0 fully saturated rings. The lowest BCUT2D eigenvalue weighted by Crippen LogP contribution is -2.16. The van der Waals surface area contributed by atoms with Gasteiger partial charge in [0.15, 0.2) is 0 Å². The first-order chi connectivity index (χ1) is 7.79. The Hall–Kier alpha value is -1.78. The Morgan fingerprint density at radius 2 is 1.94 bits per heavy atom. The van der Waals surface area contributed by atoms with Crippen molar-refractivity contribution in [2.75, 3.05) is 0 Å². The molecule has 2 nitrogen and oxygen atoms in total. The Bertz CT molecular complexity index is 460. The number of hydrogen-bond donors (Lipinski definition) is 0. The van der Waals surface area contributed by atoms with E-state index in [0.29, 0.717) is 6.20 Å². The molecule has 8 heteroatoms. The summed E-state index contributed by atoms with van der Waals surface area (Å²) in [6.07, 6.45) is -9.01. The van der Waals surface area contributed by atoms with Crippen LogP contribution in [0.2, 0.25) is 0 Å². The molecule has 1 aromatic rings. The van der Waals surface area contributed by atoms with Crippen LogP contribution in [0.25, 0.3) is 0 Å². The third kappa shape index (κ3) is 2.67. The van der Waals surface area contributed by atoms with Crippen LogP contribution in [-0.2, 0) is 12.6 Å². The van der Waals surface area contributed by atoms with E-state index in [2.05, 4.69) is 4.98 Å². The van der Waals surface area contributed by atoms with Gasteiger partial charge < -0.3 is 0 Å². The second kappa shape index (κ2) is 4.61. The van der Waals surface area contributed by atoms with Crippen LogP contribution in [0.15, 0.2) is 6.20 Å². The predicted octanol–water partition coefficient (Wildman–Crippen LogP) is 3.24. The molecule has 0 bridgehead atoms. The van der Waals surface area contributed by atoms with Crippen molar-refractivity contribution in [3.63, 3.8) is 0 Å². The van der Waals surface area contributed by atoms with E-state index in [1.165, 1.54) is 6.07 Å². The molecule has 0 aliphatic heterocycles. The summed E-state index contributed by atoms with van der Waals surface area (Å²) < 4.78 is 75.1. The van der Waals surface area contributed by atoms with Crippen molar-refractivity contribution < 1.29 is 26.3 Å². The minimum absolute atomic E-state index is 0.509. The number of pyridine rings is 1. The van der Waals surface area contributed by atoms with Gasteiger partial charge in [-0.15, -0.1) is 0 Å². The van der Waals surface area contributed by atoms with E-state index in [1.54, 1.807) is 0 Å². The van der Waals surface area contributed by atoms with Crippen LogP contribution in [0.1, 0.15) is 23.1 Å². The summed E-state index contributed by atoms with van der Waals surface area (Å²) in [6.45, 7) is 0. The molecular weight excluding hydrogens is 250 g/mol. The van der Waals surface area contributed by atoms with Crippen LogP contribution in [-0.4, -0.2) is 4.98 Å². The maximum Gasteiger partial charge on any atom is 0.421 e. The van der Waals surface area contributed by atoms with E-state index >= 15 is 0 Å². The molecule has 1 aromatic heterocycles. The van der Waals surface area contributed by atoms with Crippen LogP contribution in [0.3, 0.4) is 0 Å². The number of halogens is 6. The van der Waals surface area contributed by atoms with Crippen molar-refractivity contribution in [3.8, 4) is 6.07 Å². The molecule has 0 saturated carbocycles. The zero-order valence-corrected chi connectivity index (χ0v) is 8.02. The van der Waals surface area contributed by atoms with Gasteiger partial charge in [-0.05, 0) is 5.56 Å². The summed E-state index contributed by atoms with van der Waals surface area (Å²) in [6, 6.07) is 1.41. The monoisotopic (exact) mass is 254 g/mol. The Labute approximate surface area is 91.5 Å². The fraction of sp³-hybridized carbons (Fsp3) is 0.333. The van der Waals surface area contributed by atoms with Crippen molar-refractivity contribution in [2.24, 2.45) is 0 Å². The highest BCUT2D eigenvalue weighted by molar-refractivity contribution is 5.37. The lowest BCUT2D eigenvalue weighted by Gasteiger charge is -2.15. The van der Waals surface area contributed by atoms with Crippen molar-refractivity contribution in [3.05, 3.63) is 28.8 Å². The van der Waals surface area contributed by atoms with Gasteiger partial charge in [-0.1, -0.05) is 0 Å². The highest BCUT2D eigenvalue weighted by Gasteiger charge is 2.41. The summed E-state index contributed by atoms with van der Waals surface area (Å²) in [4.78, 5) is 2.74. The Morgan fingerprint density at radius 3 is 2.35 bits per heavy atom. The maximum absolute atomic E-state index is 12.9. The normalized spacial score (nSPS) is 11.6. The molecule has 0 aliphatic rings. The fourth-order valence-corrected chi connectivity index (χ4v) is 1.29. The molecule has 17 heavy (non-hydrogen) atoms. The van der Waals surface area contributed by atoms with Gasteiger partial charge >= 0.3 is 6.18 Å². The fourth-order valence-electron chi connectivity index (χ4n) is 1.29. The summed E-state index contributed by atoms with van der Waals surface area (Å²) in [5, 5.41) is 8.29. The van der Waals surface area contributed by atoms with Crippen molar-refractivity contribution in [1.29, 1.82) is 5.26 Å². The van der Waals surface area contributed by atoms with E-state index in [-0.39, 0.29) is 0 Å². The largest absolute Gasteiger partial charge is 0.421 e. The van der Waals surface area contributed by atoms with E-state index < -0.39 is 41.7 Å². The molecule has 0 unspecified atom stereocenters. The molecule has 0 N–H and O–H groups in total. The number of nitriles is 1. The van der Waals surface area contributed by atoms with Gasteiger partial charge in [0.2, 0.25) is 5.95 Å². The molecule has 0 spiro atoms. The Morgan fingerprint density at radius 1 is 1.35 bits per heavy atom. The maximum atomic E-state index is 12.9. The minimum Gasteiger partial charge on any atom is -0.227 e. The van der Waals surface area contributed by atoms with E-state index in [1.807, 2.05) is 0 Å². The summed E-state index contributed by atoms with van der Waals surface area (Å²) in [5.74, 6) is -2.02. The molecule has 0 radical (unpaired) electrons. The van der Waals surface area contributed by atoms with Gasteiger partial charge in [0.1, 0.15) is 5.56 Å². The summed E-state index contributed by atoms with van der Waals surface area (Å²) in [7, 11) is 0. The molecule has 0 aromatic carbocycles. The molecule has 1 rings (SSSR count). The van der Waals surface area contributed by atoms with Crippen molar-refractivity contribution >= 4 is 0 Å². The number of aromatic nitrogens is 1. The van der Waals surface area contributed by atoms with Crippen LogP contribution >= 0.6 is 0 Å². The van der Waals surface area contributed by atoms with Crippen LogP contribution in [0, 0.1) is 17.3 Å². The first-order valence-electron chi connectivity index (χ1n) is 4.18. The standard InChI is InChI=1S/C9H4F6N2/c10-7(11)5-4(1-2-16)3-17-8(12)6(5)9(13,14)15/h3,7H,1H2. The minimum atomic E-state index is -5.28. The zero-order valence-electron chi connectivity index (χ0n) is 8.02. The van der Waals surface area contributed by atoms with Gasteiger partial charge in [0.05, 0.1) is 12.5 Å². The number of rotatable bonds is 2. The predicted molar refractivity (Wildman–Crippen MR) is 43.5 cm³/mol. The van der Waals surface area contributed by atoms with Gasteiger partial charge in [-0.2, -0.15) is 22.8 Å². The van der Waals surface area contributed by atoms with E-state index in [4.69, 9.17) is 5.26 Å². The SMILES string of the molecule is N#CCc1cnc(F)c(C(F)(F)F)c1C(F)F. The van der Waals surface area contributed by atoms with Gasteiger partial charge in [0.25, 0.3) is 6.43 Å². The third-order valence-electron chi connectivity index (χ3n) is 1.93. The molecule has 0 atom stereocenters. The van der Waals surface area contributed by atoms with E-state index in [0.717, 1.165) is 0 Å². The molecule has 0 saturated heterocycles. The average molecular weight is 254 g/mol. The molecule has 1 heterocycles. The number of alkyl halides is 5. The van der Waals surface area contributed by atoms with Crippen LogP contribution < -0.4 is 0 Å². The van der Waals surface area contributed by atoms with Crippen LogP contribution in [0.5, 0.6) is 0 Å². The Kier molecular flexibility index (Phi) is 3.60. The molecule has 0 amide bonds. The number of nitrogens with zero attached hydrogens (tertiary/aromatic N) is 2. The lowest BCUT2D eigenvalue weighted by molar-refractivity contribution is -0.142. The van der Waals surface area contributed by atoms with Gasteiger partial charge in [0, 0.05) is 11.8 Å². The second-order valence-electron chi connectivity index (χ2n) is 3.00. The van der Waals surface area contributed by atoms with E-state index in [9.17, 15) is 26.3 Å². The quantitative estimate of drug-likeness (QED) is 0.600. The molecular formula is C9H4F6N2. The first-order valence-corrected chi connectivity index (χ1v) is 4.18. The second-order valence-corrected chi connectivity index (χ2v) is 3.00. The summed E-state index contributed by atoms with van der Waals surface area (Å²) >= 11 is 0. The average Bonchev–Trinajstić information content (AvgIpc) is 2.18. The zero-order chi connectivity index (χ0) is 13.2. The topological polar surface area (TPSA) is 36.7 Å². The Balaban J connectivity index is 3.56. The first kappa shape index (κ1) is 13.3. The highest BCUT2D eigenvalue weighted by atomic mass is 19.4. The lowest BCUT2D eigenvalue weighted by atomic mass is 10.0.